The van der Waals surface area contributed by atoms with Crippen LogP contribution in [0.2, 0.25) is 0 Å². The third-order valence-electron chi connectivity index (χ3n) is 2.70. The molecular formula is C14H11N5OS. The standard InChI is InChI=1S/C14H11N5OS/c15-11-5-1-3-9(7-11)13-18-19-14(21-13)17-12(20)10-4-2-6-16-8-10/h1-8H,15H2,(H,17,19,20). The second-order valence-corrected chi connectivity index (χ2v) is 5.21. The second-order valence-electron chi connectivity index (χ2n) is 4.23. The summed E-state index contributed by atoms with van der Waals surface area (Å²) in [6, 6.07) is 10.7. The molecule has 3 aromatic rings. The van der Waals surface area contributed by atoms with Crippen molar-refractivity contribution < 1.29 is 4.79 Å². The highest BCUT2D eigenvalue weighted by Crippen LogP contribution is 2.27. The van der Waals surface area contributed by atoms with Crippen molar-refractivity contribution in [1.82, 2.24) is 15.2 Å². The first-order chi connectivity index (χ1) is 10.2. The second kappa shape index (κ2) is 5.68. The predicted octanol–water partition coefficient (Wildman–Crippen LogP) is 2.43. The Morgan fingerprint density at radius 2 is 2.10 bits per heavy atom. The molecular weight excluding hydrogens is 286 g/mol. The van der Waals surface area contributed by atoms with Gasteiger partial charge in [0.2, 0.25) is 5.13 Å². The fourth-order valence-electron chi connectivity index (χ4n) is 1.73. The predicted molar refractivity (Wildman–Crippen MR) is 81.9 cm³/mol. The van der Waals surface area contributed by atoms with Gasteiger partial charge in [-0.15, -0.1) is 10.2 Å². The summed E-state index contributed by atoms with van der Waals surface area (Å²) >= 11 is 1.29. The first-order valence-corrected chi connectivity index (χ1v) is 6.95. The highest BCUT2D eigenvalue weighted by Gasteiger charge is 2.11. The average molecular weight is 297 g/mol. The van der Waals surface area contributed by atoms with E-state index in [1.165, 1.54) is 17.5 Å². The lowest BCUT2D eigenvalue weighted by Crippen LogP contribution is -2.11. The molecule has 0 saturated heterocycles. The summed E-state index contributed by atoms with van der Waals surface area (Å²) < 4.78 is 0. The molecule has 1 amide bonds. The summed E-state index contributed by atoms with van der Waals surface area (Å²) in [7, 11) is 0. The number of carbonyl (C=O) groups excluding carboxylic acids is 1. The van der Waals surface area contributed by atoms with Crippen LogP contribution in [0.1, 0.15) is 10.4 Å². The van der Waals surface area contributed by atoms with E-state index in [2.05, 4.69) is 20.5 Å². The quantitative estimate of drug-likeness (QED) is 0.724. The van der Waals surface area contributed by atoms with Gasteiger partial charge in [0.25, 0.3) is 5.91 Å². The number of amides is 1. The number of pyridine rings is 1. The highest BCUT2D eigenvalue weighted by atomic mass is 32.1. The van der Waals surface area contributed by atoms with Gasteiger partial charge in [-0.2, -0.15) is 0 Å². The van der Waals surface area contributed by atoms with Crippen LogP contribution in [0.25, 0.3) is 10.6 Å². The van der Waals surface area contributed by atoms with Gasteiger partial charge in [-0.3, -0.25) is 15.1 Å². The van der Waals surface area contributed by atoms with Crippen LogP contribution in [0, 0.1) is 0 Å². The Kier molecular flexibility index (Phi) is 3.57. The molecule has 7 heteroatoms. The van der Waals surface area contributed by atoms with E-state index in [1.54, 1.807) is 24.4 Å². The maximum atomic E-state index is 12.0. The Bertz CT molecular complexity index is 772. The van der Waals surface area contributed by atoms with Crippen LogP contribution in [0.4, 0.5) is 10.8 Å². The van der Waals surface area contributed by atoms with Gasteiger partial charge >= 0.3 is 0 Å². The van der Waals surface area contributed by atoms with Crippen molar-refractivity contribution in [3.05, 3.63) is 54.4 Å². The zero-order valence-corrected chi connectivity index (χ0v) is 11.7. The molecule has 21 heavy (non-hydrogen) atoms. The zero-order valence-electron chi connectivity index (χ0n) is 10.9. The number of rotatable bonds is 3. The SMILES string of the molecule is Nc1cccc(-c2nnc(NC(=O)c3cccnc3)s2)c1. The minimum absolute atomic E-state index is 0.265. The first-order valence-electron chi connectivity index (χ1n) is 6.13. The Hall–Kier alpha value is -2.80. The summed E-state index contributed by atoms with van der Waals surface area (Å²) in [6.07, 6.45) is 3.11. The van der Waals surface area contributed by atoms with Crippen LogP contribution in [0.5, 0.6) is 0 Å². The lowest BCUT2D eigenvalue weighted by molar-refractivity contribution is 0.102. The van der Waals surface area contributed by atoms with Crippen LogP contribution in [0.3, 0.4) is 0 Å². The monoisotopic (exact) mass is 297 g/mol. The lowest BCUT2D eigenvalue weighted by Gasteiger charge is -1.99. The first kappa shape index (κ1) is 13.2. The van der Waals surface area contributed by atoms with Crippen LogP contribution in [-0.4, -0.2) is 21.1 Å². The number of nitrogens with one attached hydrogen (secondary N) is 1. The molecule has 6 nitrogen and oxygen atoms in total. The number of nitrogens with zero attached hydrogens (tertiary/aromatic N) is 3. The molecule has 2 aromatic heterocycles. The Morgan fingerprint density at radius 3 is 2.86 bits per heavy atom. The van der Waals surface area contributed by atoms with E-state index in [9.17, 15) is 4.79 Å². The molecule has 2 heterocycles. The lowest BCUT2D eigenvalue weighted by atomic mass is 10.2. The smallest absolute Gasteiger partial charge is 0.259 e. The number of nitrogen functional groups attached to an aromatic ring is 1. The summed E-state index contributed by atoms with van der Waals surface area (Å²) in [6.45, 7) is 0. The van der Waals surface area contributed by atoms with Crippen molar-refractivity contribution in [2.24, 2.45) is 0 Å². The molecule has 0 fully saturated rings. The molecule has 3 rings (SSSR count). The maximum absolute atomic E-state index is 12.0. The fraction of sp³-hybridized carbons (Fsp3) is 0. The number of carbonyl (C=O) groups is 1. The molecule has 0 atom stereocenters. The third kappa shape index (κ3) is 3.03. The fourth-order valence-corrected chi connectivity index (χ4v) is 2.46. The molecule has 0 aliphatic heterocycles. The molecule has 0 spiro atoms. The number of aromatic nitrogens is 3. The molecule has 0 bridgehead atoms. The molecule has 0 unspecified atom stereocenters. The van der Waals surface area contributed by atoms with Gasteiger partial charge in [0, 0.05) is 23.6 Å². The number of hydrogen-bond donors (Lipinski definition) is 2. The zero-order chi connectivity index (χ0) is 14.7. The Balaban J connectivity index is 1.78. The van der Waals surface area contributed by atoms with Crippen molar-refractivity contribution in [2.75, 3.05) is 11.1 Å². The van der Waals surface area contributed by atoms with Crippen LogP contribution in [-0.2, 0) is 0 Å². The van der Waals surface area contributed by atoms with Crippen molar-refractivity contribution in [3.8, 4) is 10.6 Å². The Morgan fingerprint density at radius 1 is 1.19 bits per heavy atom. The average Bonchev–Trinajstić information content (AvgIpc) is 2.97. The molecule has 3 N–H and O–H groups in total. The summed E-state index contributed by atoms with van der Waals surface area (Å²) in [5, 5.41) is 11.8. The summed E-state index contributed by atoms with van der Waals surface area (Å²) in [4.78, 5) is 15.9. The largest absolute Gasteiger partial charge is 0.399 e. The van der Waals surface area contributed by atoms with E-state index in [4.69, 9.17) is 5.73 Å². The molecule has 0 saturated carbocycles. The van der Waals surface area contributed by atoms with Crippen LogP contribution < -0.4 is 11.1 Å². The Labute approximate surface area is 124 Å². The van der Waals surface area contributed by atoms with E-state index < -0.39 is 0 Å². The summed E-state index contributed by atoms with van der Waals surface area (Å²) in [5.41, 5.74) is 7.74. The van der Waals surface area contributed by atoms with Gasteiger partial charge in [-0.1, -0.05) is 23.5 Å². The molecule has 1 aromatic carbocycles. The number of hydrogen-bond acceptors (Lipinski definition) is 6. The normalized spacial score (nSPS) is 10.3. The molecule has 0 radical (unpaired) electrons. The van der Waals surface area contributed by atoms with Gasteiger partial charge in [0.1, 0.15) is 5.01 Å². The van der Waals surface area contributed by atoms with Crippen molar-refractivity contribution in [1.29, 1.82) is 0 Å². The summed E-state index contributed by atoms with van der Waals surface area (Å²) in [5.74, 6) is -0.265. The molecule has 104 valence electrons. The minimum Gasteiger partial charge on any atom is -0.399 e. The van der Waals surface area contributed by atoms with Gasteiger partial charge in [0.05, 0.1) is 5.56 Å². The van der Waals surface area contributed by atoms with E-state index in [1.807, 2.05) is 18.2 Å². The minimum atomic E-state index is -0.265. The number of nitrogens with two attached hydrogens (primary N) is 1. The van der Waals surface area contributed by atoms with Crippen LogP contribution in [0.15, 0.2) is 48.8 Å². The highest BCUT2D eigenvalue weighted by molar-refractivity contribution is 7.18. The van der Waals surface area contributed by atoms with E-state index >= 15 is 0 Å². The van der Waals surface area contributed by atoms with Gasteiger partial charge < -0.3 is 5.73 Å². The number of anilines is 2. The van der Waals surface area contributed by atoms with Crippen molar-refractivity contribution >= 4 is 28.1 Å². The molecule has 0 aliphatic carbocycles. The topological polar surface area (TPSA) is 93.8 Å². The van der Waals surface area contributed by atoms with Crippen LogP contribution >= 0.6 is 11.3 Å². The molecule has 0 aliphatic rings. The van der Waals surface area contributed by atoms with Gasteiger partial charge in [-0.25, -0.2) is 0 Å². The maximum Gasteiger partial charge on any atom is 0.259 e. The van der Waals surface area contributed by atoms with E-state index in [0.29, 0.717) is 21.4 Å². The van der Waals surface area contributed by atoms with Crippen molar-refractivity contribution in [2.45, 2.75) is 0 Å². The third-order valence-corrected chi connectivity index (χ3v) is 3.59. The van der Waals surface area contributed by atoms with Gasteiger partial charge in [-0.05, 0) is 24.3 Å². The van der Waals surface area contributed by atoms with Gasteiger partial charge in [0.15, 0.2) is 0 Å². The van der Waals surface area contributed by atoms with E-state index in [0.717, 1.165) is 5.56 Å². The number of benzene rings is 1. The van der Waals surface area contributed by atoms with Crippen molar-refractivity contribution in [3.63, 3.8) is 0 Å². The van der Waals surface area contributed by atoms with E-state index in [-0.39, 0.29) is 5.91 Å².